The standard InChI is InChI=1S/C18H28BrN3O5S/c1-13(2)12-17(16(23)6-5-11-20-28(25,26)22(3)4)27-18(24)21-15-9-7-14(19)8-10-15/h7-10,13,17,20H,5-6,11-12H2,1-4H3,(H,21,24)/t17-/m0/s1. The zero-order chi connectivity index (χ0) is 21.3. The molecule has 0 unspecified atom stereocenters. The molecule has 1 amide bonds. The van der Waals surface area contributed by atoms with Gasteiger partial charge in [-0.25, -0.2) is 9.52 Å². The van der Waals surface area contributed by atoms with E-state index in [2.05, 4.69) is 26.0 Å². The lowest BCUT2D eigenvalue weighted by Gasteiger charge is -2.19. The number of Topliss-reactive ketones (excluding diaryl/α,β-unsaturated/α-hetero) is 1. The maximum Gasteiger partial charge on any atom is 0.412 e. The number of rotatable bonds is 11. The number of ketones is 1. The SMILES string of the molecule is CC(C)C[C@H](OC(=O)Nc1ccc(Br)cc1)C(=O)CCCNS(=O)(=O)N(C)C. The molecule has 1 rings (SSSR count). The summed E-state index contributed by atoms with van der Waals surface area (Å²) in [6.07, 6.45) is -0.747. The van der Waals surface area contributed by atoms with Gasteiger partial charge in [0.25, 0.3) is 10.2 Å². The fourth-order valence-corrected chi connectivity index (χ4v) is 3.16. The average molecular weight is 478 g/mol. The van der Waals surface area contributed by atoms with E-state index in [0.717, 1.165) is 8.78 Å². The number of benzene rings is 1. The molecule has 28 heavy (non-hydrogen) atoms. The Balaban J connectivity index is 2.57. The smallest absolute Gasteiger partial charge is 0.412 e. The predicted molar refractivity (Wildman–Crippen MR) is 112 cm³/mol. The minimum absolute atomic E-state index is 0.110. The zero-order valence-corrected chi connectivity index (χ0v) is 19.0. The fourth-order valence-electron chi connectivity index (χ4n) is 2.24. The van der Waals surface area contributed by atoms with Crippen LogP contribution in [0.4, 0.5) is 10.5 Å². The van der Waals surface area contributed by atoms with Gasteiger partial charge in [0.15, 0.2) is 11.9 Å². The summed E-state index contributed by atoms with van der Waals surface area (Å²) in [6.45, 7) is 3.99. The molecule has 0 saturated heterocycles. The molecule has 0 aliphatic rings. The molecular formula is C18H28BrN3O5S. The van der Waals surface area contributed by atoms with Crippen LogP contribution in [0.2, 0.25) is 0 Å². The van der Waals surface area contributed by atoms with Crippen molar-refractivity contribution >= 4 is 43.7 Å². The van der Waals surface area contributed by atoms with Crippen LogP contribution in [-0.2, 0) is 19.7 Å². The predicted octanol–water partition coefficient (Wildman–Crippen LogP) is 3.16. The van der Waals surface area contributed by atoms with Gasteiger partial charge in [-0.1, -0.05) is 29.8 Å². The summed E-state index contributed by atoms with van der Waals surface area (Å²) in [7, 11) is -0.677. The fraction of sp³-hybridized carbons (Fsp3) is 0.556. The van der Waals surface area contributed by atoms with Gasteiger partial charge in [0.1, 0.15) is 0 Å². The molecule has 1 aromatic rings. The number of carbonyl (C=O) groups is 2. The molecule has 1 aromatic carbocycles. The van der Waals surface area contributed by atoms with Crippen molar-refractivity contribution in [2.75, 3.05) is 26.0 Å². The number of halogens is 1. The maximum atomic E-state index is 12.5. The Hall–Kier alpha value is -1.49. The molecule has 0 aliphatic heterocycles. The van der Waals surface area contributed by atoms with Crippen molar-refractivity contribution in [3.8, 4) is 0 Å². The second kappa shape index (κ2) is 11.5. The molecule has 0 saturated carbocycles. The van der Waals surface area contributed by atoms with Gasteiger partial charge in [0.05, 0.1) is 0 Å². The molecule has 0 heterocycles. The van der Waals surface area contributed by atoms with E-state index in [1.54, 1.807) is 24.3 Å². The van der Waals surface area contributed by atoms with Crippen LogP contribution >= 0.6 is 15.9 Å². The van der Waals surface area contributed by atoms with Crippen molar-refractivity contribution < 1.29 is 22.7 Å². The molecule has 158 valence electrons. The Labute approximate surface area is 175 Å². The van der Waals surface area contributed by atoms with Gasteiger partial charge in [0, 0.05) is 37.2 Å². The Morgan fingerprint density at radius 3 is 2.32 bits per heavy atom. The van der Waals surface area contributed by atoms with Crippen LogP contribution in [0.5, 0.6) is 0 Å². The first kappa shape index (κ1) is 24.5. The van der Waals surface area contributed by atoms with Crippen LogP contribution in [0.3, 0.4) is 0 Å². The highest BCUT2D eigenvalue weighted by atomic mass is 79.9. The highest BCUT2D eigenvalue weighted by molar-refractivity contribution is 9.10. The summed E-state index contributed by atoms with van der Waals surface area (Å²) >= 11 is 3.31. The number of hydrogen-bond donors (Lipinski definition) is 2. The molecule has 0 radical (unpaired) electrons. The van der Waals surface area contributed by atoms with Crippen molar-refractivity contribution in [2.45, 2.75) is 39.2 Å². The lowest BCUT2D eigenvalue weighted by Crippen LogP contribution is -2.36. The summed E-state index contributed by atoms with van der Waals surface area (Å²) in [4.78, 5) is 24.6. The van der Waals surface area contributed by atoms with Crippen LogP contribution in [0.25, 0.3) is 0 Å². The van der Waals surface area contributed by atoms with Crippen LogP contribution in [0.1, 0.15) is 33.1 Å². The number of amides is 1. The van der Waals surface area contributed by atoms with E-state index in [-0.39, 0.29) is 24.7 Å². The van der Waals surface area contributed by atoms with Crippen molar-refractivity contribution in [2.24, 2.45) is 5.92 Å². The van der Waals surface area contributed by atoms with E-state index < -0.39 is 22.4 Å². The highest BCUT2D eigenvalue weighted by Crippen LogP contribution is 2.16. The number of hydrogen-bond acceptors (Lipinski definition) is 5. The molecular weight excluding hydrogens is 450 g/mol. The summed E-state index contributed by atoms with van der Waals surface area (Å²) in [6, 6.07) is 6.98. The third-order valence-corrected chi connectivity index (χ3v) is 5.81. The minimum atomic E-state index is -3.52. The largest absolute Gasteiger partial charge is 0.438 e. The Bertz CT molecular complexity index is 751. The number of nitrogens with one attached hydrogen (secondary N) is 2. The number of nitrogens with zero attached hydrogens (tertiary/aromatic N) is 1. The van der Waals surface area contributed by atoms with Gasteiger partial charge in [-0.3, -0.25) is 10.1 Å². The second-order valence-electron chi connectivity index (χ2n) is 6.91. The van der Waals surface area contributed by atoms with Gasteiger partial charge < -0.3 is 4.74 Å². The third-order valence-electron chi connectivity index (χ3n) is 3.75. The van der Waals surface area contributed by atoms with E-state index >= 15 is 0 Å². The molecule has 10 heteroatoms. The van der Waals surface area contributed by atoms with E-state index in [4.69, 9.17) is 4.74 Å². The number of carbonyl (C=O) groups excluding carboxylic acids is 2. The summed E-state index contributed by atoms with van der Waals surface area (Å²) < 4.78 is 33.0. The van der Waals surface area contributed by atoms with Gasteiger partial charge in [0.2, 0.25) is 0 Å². The lowest BCUT2D eigenvalue weighted by molar-refractivity contribution is -0.127. The van der Waals surface area contributed by atoms with E-state index in [1.807, 2.05) is 13.8 Å². The Morgan fingerprint density at radius 2 is 1.79 bits per heavy atom. The Kier molecular flexibility index (Phi) is 10.1. The molecule has 0 aromatic heterocycles. The normalized spacial score (nSPS) is 12.8. The molecule has 2 N–H and O–H groups in total. The topological polar surface area (TPSA) is 105 Å². The average Bonchev–Trinajstić information content (AvgIpc) is 2.59. The van der Waals surface area contributed by atoms with Crippen LogP contribution in [0.15, 0.2) is 28.7 Å². The highest BCUT2D eigenvalue weighted by Gasteiger charge is 2.24. The second-order valence-corrected chi connectivity index (χ2v) is 9.79. The summed E-state index contributed by atoms with van der Waals surface area (Å²) in [5, 5.41) is 2.60. The van der Waals surface area contributed by atoms with Crippen LogP contribution in [-0.4, -0.2) is 51.3 Å². The molecule has 0 fully saturated rings. The van der Waals surface area contributed by atoms with Gasteiger partial charge >= 0.3 is 6.09 Å². The minimum Gasteiger partial charge on any atom is -0.438 e. The first-order valence-electron chi connectivity index (χ1n) is 8.94. The van der Waals surface area contributed by atoms with Crippen molar-refractivity contribution in [3.63, 3.8) is 0 Å². The van der Waals surface area contributed by atoms with E-state index in [0.29, 0.717) is 18.5 Å². The monoisotopic (exact) mass is 477 g/mol. The summed E-state index contributed by atoms with van der Waals surface area (Å²) in [5.41, 5.74) is 0.557. The van der Waals surface area contributed by atoms with Crippen LogP contribution < -0.4 is 10.0 Å². The van der Waals surface area contributed by atoms with Gasteiger partial charge in [-0.15, -0.1) is 0 Å². The molecule has 1 atom stereocenters. The molecule has 8 nitrogen and oxygen atoms in total. The maximum absolute atomic E-state index is 12.5. The summed E-state index contributed by atoms with van der Waals surface area (Å²) in [5.74, 6) is -0.0784. The van der Waals surface area contributed by atoms with Crippen molar-refractivity contribution in [1.82, 2.24) is 9.03 Å². The van der Waals surface area contributed by atoms with Crippen molar-refractivity contribution in [1.29, 1.82) is 0 Å². The first-order valence-corrected chi connectivity index (χ1v) is 11.2. The lowest BCUT2D eigenvalue weighted by atomic mass is 10.0. The molecule has 0 aliphatic carbocycles. The van der Waals surface area contributed by atoms with E-state index in [9.17, 15) is 18.0 Å². The number of ether oxygens (including phenoxy) is 1. The number of anilines is 1. The first-order chi connectivity index (χ1) is 13.0. The van der Waals surface area contributed by atoms with Crippen LogP contribution in [0, 0.1) is 5.92 Å². The van der Waals surface area contributed by atoms with Gasteiger partial charge in [-0.05, 0) is 43.0 Å². The molecule has 0 spiro atoms. The van der Waals surface area contributed by atoms with Gasteiger partial charge in [-0.2, -0.15) is 12.7 Å². The van der Waals surface area contributed by atoms with E-state index in [1.165, 1.54) is 14.1 Å². The Morgan fingerprint density at radius 1 is 1.18 bits per heavy atom. The molecule has 0 bridgehead atoms. The van der Waals surface area contributed by atoms with Crippen molar-refractivity contribution in [3.05, 3.63) is 28.7 Å². The third kappa shape index (κ3) is 9.13. The quantitative estimate of drug-likeness (QED) is 0.476. The zero-order valence-electron chi connectivity index (χ0n) is 16.6.